The molecular formula is C26H26N6O. The molecule has 33 heavy (non-hydrogen) atoms. The molecule has 5 aromatic rings. The SMILES string of the molecule is Cn1cc(-c2cc(-c3cnc4[nH]ccc4c3)ccn2)n(-c2ccc(C(C)(C)CN)cc2)c1=O. The highest BCUT2D eigenvalue weighted by Gasteiger charge is 2.20. The van der Waals surface area contributed by atoms with Crippen molar-refractivity contribution in [1.82, 2.24) is 24.1 Å². The van der Waals surface area contributed by atoms with Crippen molar-refractivity contribution in [2.24, 2.45) is 12.8 Å². The average Bonchev–Trinajstić information content (AvgIpc) is 3.43. The Morgan fingerprint density at radius 1 is 1.03 bits per heavy atom. The van der Waals surface area contributed by atoms with Crippen LogP contribution in [-0.4, -0.2) is 30.6 Å². The van der Waals surface area contributed by atoms with E-state index in [2.05, 4.69) is 34.9 Å². The number of rotatable bonds is 5. The summed E-state index contributed by atoms with van der Waals surface area (Å²) in [6.45, 7) is 4.76. The molecule has 4 aromatic heterocycles. The van der Waals surface area contributed by atoms with E-state index in [1.807, 2.05) is 61.1 Å². The third-order valence-electron chi connectivity index (χ3n) is 6.22. The number of nitrogens with two attached hydrogens (primary N) is 1. The highest BCUT2D eigenvalue weighted by atomic mass is 16.1. The van der Waals surface area contributed by atoms with E-state index < -0.39 is 0 Å². The fraction of sp³-hybridized carbons (Fsp3) is 0.192. The largest absolute Gasteiger partial charge is 0.346 e. The van der Waals surface area contributed by atoms with Gasteiger partial charge in [0.15, 0.2) is 0 Å². The van der Waals surface area contributed by atoms with Crippen molar-refractivity contribution in [3.05, 3.63) is 89.4 Å². The smallest absolute Gasteiger partial charge is 0.333 e. The monoisotopic (exact) mass is 438 g/mol. The molecule has 0 aliphatic rings. The Kier molecular flexibility index (Phi) is 4.98. The van der Waals surface area contributed by atoms with Crippen molar-refractivity contribution >= 4 is 11.0 Å². The van der Waals surface area contributed by atoms with Crippen LogP contribution in [0.4, 0.5) is 0 Å². The van der Waals surface area contributed by atoms with Gasteiger partial charge in [-0.3, -0.25) is 9.55 Å². The lowest BCUT2D eigenvalue weighted by Gasteiger charge is -2.23. The summed E-state index contributed by atoms with van der Waals surface area (Å²) < 4.78 is 3.27. The first-order valence-corrected chi connectivity index (χ1v) is 10.9. The third kappa shape index (κ3) is 3.66. The van der Waals surface area contributed by atoms with Crippen molar-refractivity contribution in [3.8, 4) is 28.2 Å². The Hall–Kier alpha value is -3.97. The number of hydrogen-bond acceptors (Lipinski definition) is 4. The van der Waals surface area contributed by atoms with E-state index >= 15 is 0 Å². The maximum Gasteiger partial charge on any atom is 0.333 e. The van der Waals surface area contributed by atoms with Gasteiger partial charge < -0.3 is 15.3 Å². The fourth-order valence-corrected chi connectivity index (χ4v) is 4.01. The van der Waals surface area contributed by atoms with Gasteiger partial charge in [-0.15, -0.1) is 0 Å². The molecule has 0 spiro atoms. The van der Waals surface area contributed by atoms with Crippen LogP contribution >= 0.6 is 0 Å². The number of nitrogens with zero attached hydrogens (tertiary/aromatic N) is 4. The molecule has 0 saturated heterocycles. The molecule has 4 heterocycles. The quantitative estimate of drug-likeness (QED) is 0.433. The predicted octanol–water partition coefficient (Wildman–Crippen LogP) is 4.02. The minimum atomic E-state index is -0.131. The Morgan fingerprint density at radius 3 is 2.58 bits per heavy atom. The van der Waals surface area contributed by atoms with Gasteiger partial charge in [-0.1, -0.05) is 26.0 Å². The summed E-state index contributed by atoms with van der Waals surface area (Å²) in [5.41, 5.74) is 11.9. The number of fused-ring (bicyclic) bond motifs is 1. The predicted molar refractivity (Wildman–Crippen MR) is 131 cm³/mol. The minimum absolute atomic E-state index is 0.126. The molecule has 166 valence electrons. The standard InChI is InChI=1S/C26H26N6O/c1-26(2,16-27)20-4-6-21(7-5-20)32-23(15-31(3)25(32)33)22-13-17(8-10-28-22)19-12-18-9-11-29-24(18)30-14-19/h4-15H,16,27H2,1-3H3,(H,29,30). The molecule has 0 unspecified atom stereocenters. The molecule has 0 bridgehead atoms. The molecule has 0 amide bonds. The van der Waals surface area contributed by atoms with Crippen molar-refractivity contribution < 1.29 is 0 Å². The first kappa shape index (κ1) is 20.9. The van der Waals surface area contributed by atoms with Crippen LogP contribution in [0.5, 0.6) is 0 Å². The number of nitrogens with one attached hydrogen (secondary N) is 1. The van der Waals surface area contributed by atoms with E-state index in [9.17, 15) is 4.79 Å². The molecule has 3 N–H and O–H groups in total. The maximum absolute atomic E-state index is 13.0. The highest BCUT2D eigenvalue weighted by Crippen LogP contribution is 2.28. The second kappa shape index (κ2) is 7.86. The second-order valence-electron chi connectivity index (χ2n) is 8.95. The first-order valence-electron chi connectivity index (χ1n) is 10.9. The number of aryl methyl sites for hydroxylation is 1. The van der Waals surface area contributed by atoms with Gasteiger partial charge in [-0.05, 0) is 47.5 Å². The number of benzene rings is 1. The molecule has 0 aliphatic carbocycles. The van der Waals surface area contributed by atoms with Gasteiger partial charge in [0.25, 0.3) is 0 Å². The summed E-state index contributed by atoms with van der Waals surface area (Å²) in [4.78, 5) is 25.2. The number of H-pyrrole nitrogens is 1. The lowest BCUT2D eigenvalue weighted by molar-refractivity contribution is 0.539. The molecular weight excluding hydrogens is 412 g/mol. The average molecular weight is 439 g/mol. The zero-order chi connectivity index (χ0) is 23.2. The maximum atomic E-state index is 13.0. The van der Waals surface area contributed by atoms with Crippen LogP contribution in [0.1, 0.15) is 19.4 Å². The number of imidazole rings is 1. The van der Waals surface area contributed by atoms with Crippen LogP contribution in [0.15, 0.2) is 78.1 Å². The lowest BCUT2D eigenvalue weighted by atomic mass is 9.85. The normalized spacial score (nSPS) is 11.9. The van der Waals surface area contributed by atoms with Crippen LogP contribution in [-0.2, 0) is 12.5 Å². The topological polar surface area (TPSA) is 94.5 Å². The molecule has 0 radical (unpaired) electrons. The van der Waals surface area contributed by atoms with Gasteiger partial charge >= 0.3 is 5.69 Å². The van der Waals surface area contributed by atoms with E-state index in [0.717, 1.165) is 39.1 Å². The number of pyridine rings is 2. The molecule has 0 fully saturated rings. The van der Waals surface area contributed by atoms with Crippen molar-refractivity contribution in [2.75, 3.05) is 6.54 Å². The number of hydrogen-bond donors (Lipinski definition) is 2. The van der Waals surface area contributed by atoms with E-state index in [-0.39, 0.29) is 11.1 Å². The van der Waals surface area contributed by atoms with E-state index in [1.54, 1.807) is 22.4 Å². The molecule has 1 aromatic carbocycles. The lowest BCUT2D eigenvalue weighted by Crippen LogP contribution is -2.28. The van der Waals surface area contributed by atoms with Crippen LogP contribution in [0.2, 0.25) is 0 Å². The molecule has 7 nitrogen and oxygen atoms in total. The van der Waals surface area contributed by atoms with Gasteiger partial charge in [-0.25, -0.2) is 9.78 Å². The van der Waals surface area contributed by atoms with Crippen molar-refractivity contribution in [2.45, 2.75) is 19.3 Å². The summed E-state index contributed by atoms with van der Waals surface area (Å²) in [5.74, 6) is 0. The van der Waals surface area contributed by atoms with Crippen LogP contribution in [0.3, 0.4) is 0 Å². The molecule has 0 atom stereocenters. The Balaban J connectivity index is 1.59. The Bertz CT molecular complexity index is 1500. The van der Waals surface area contributed by atoms with Gasteiger partial charge in [0, 0.05) is 54.7 Å². The molecule has 5 rings (SSSR count). The van der Waals surface area contributed by atoms with Gasteiger partial charge in [-0.2, -0.15) is 0 Å². The molecule has 0 saturated carbocycles. The second-order valence-corrected chi connectivity index (χ2v) is 8.95. The van der Waals surface area contributed by atoms with Crippen LogP contribution < -0.4 is 11.4 Å². The summed E-state index contributed by atoms with van der Waals surface area (Å²) in [6, 6.07) is 16.0. The summed E-state index contributed by atoms with van der Waals surface area (Å²) in [7, 11) is 1.75. The van der Waals surface area contributed by atoms with Crippen LogP contribution in [0, 0.1) is 0 Å². The van der Waals surface area contributed by atoms with E-state index in [0.29, 0.717) is 12.2 Å². The summed E-state index contributed by atoms with van der Waals surface area (Å²) in [5, 5.41) is 1.04. The highest BCUT2D eigenvalue weighted by molar-refractivity contribution is 5.82. The van der Waals surface area contributed by atoms with Crippen molar-refractivity contribution in [3.63, 3.8) is 0 Å². The van der Waals surface area contributed by atoms with E-state index in [4.69, 9.17) is 5.73 Å². The number of aromatic nitrogens is 5. The minimum Gasteiger partial charge on any atom is -0.346 e. The van der Waals surface area contributed by atoms with Crippen LogP contribution in [0.25, 0.3) is 39.2 Å². The van der Waals surface area contributed by atoms with Gasteiger partial charge in [0.1, 0.15) is 5.65 Å². The summed E-state index contributed by atoms with van der Waals surface area (Å²) >= 11 is 0. The van der Waals surface area contributed by atoms with Gasteiger partial charge in [0.2, 0.25) is 0 Å². The van der Waals surface area contributed by atoms with E-state index in [1.165, 1.54) is 0 Å². The third-order valence-corrected chi connectivity index (χ3v) is 6.22. The molecule has 7 heteroatoms. The molecule has 0 aliphatic heterocycles. The Morgan fingerprint density at radius 2 is 1.82 bits per heavy atom. The number of aromatic amines is 1. The Labute approximate surface area is 191 Å². The zero-order valence-corrected chi connectivity index (χ0v) is 18.9. The fourth-order valence-electron chi connectivity index (χ4n) is 4.01. The van der Waals surface area contributed by atoms with Gasteiger partial charge in [0.05, 0.1) is 17.1 Å². The van der Waals surface area contributed by atoms with Crippen molar-refractivity contribution in [1.29, 1.82) is 0 Å². The zero-order valence-electron chi connectivity index (χ0n) is 18.9. The summed E-state index contributed by atoms with van der Waals surface area (Å²) in [6.07, 6.45) is 7.30. The first-order chi connectivity index (χ1) is 15.9.